The summed E-state index contributed by atoms with van der Waals surface area (Å²) in [6.45, 7) is 3.89. The van der Waals surface area contributed by atoms with Crippen molar-refractivity contribution in [2.75, 3.05) is 19.6 Å². The zero-order chi connectivity index (χ0) is 14.7. The third kappa shape index (κ3) is 3.86. The van der Waals surface area contributed by atoms with Crippen molar-refractivity contribution in [1.29, 1.82) is 0 Å². The Balaban J connectivity index is 1.55. The summed E-state index contributed by atoms with van der Waals surface area (Å²) in [5.41, 5.74) is 0. The van der Waals surface area contributed by atoms with E-state index < -0.39 is 0 Å². The zero-order valence-electron chi connectivity index (χ0n) is 12.1. The van der Waals surface area contributed by atoms with Crippen molar-refractivity contribution in [3.05, 3.63) is 20.8 Å². The SMILES string of the molecule is O=C(NCc1ccc(Br)s1)C1CCCN1C1CCNCC1. The minimum atomic E-state index is 0.0801. The number of piperidine rings is 1. The number of amides is 1. The van der Waals surface area contributed by atoms with E-state index >= 15 is 0 Å². The van der Waals surface area contributed by atoms with Gasteiger partial charge >= 0.3 is 0 Å². The first kappa shape index (κ1) is 15.5. The van der Waals surface area contributed by atoms with Crippen molar-refractivity contribution in [2.45, 2.75) is 44.3 Å². The molecule has 2 N–H and O–H groups in total. The maximum absolute atomic E-state index is 12.5. The molecule has 4 nitrogen and oxygen atoms in total. The number of hydrogen-bond acceptors (Lipinski definition) is 4. The molecular weight excluding hydrogens is 350 g/mol. The topological polar surface area (TPSA) is 44.4 Å². The molecule has 1 atom stereocenters. The Morgan fingerprint density at radius 3 is 2.90 bits per heavy atom. The fourth-order valence-electron chi connectivity index (χ4n) is 3.38. The second-order valence-electron chi connectivity index (χ2n) is 5.80. The molecule has 2 aliphatic heterocycles. The molecule has 2 saturated heterocycles. The molecule has 3 heterocycles. The average Bonchev–Trinajstić information content (AvgIpc) is 3.14. The van der Waals surface area contributed by atoms with Crippen LogP contribution in [0.4, 0.5) is 0 Å². The number of hydrogen-bond donors (Lipinski definition) is 2. The van der Waals surface area contributed by atoms with E-state index in [-0.39, 0.29) is 11.9 Å². The lowest BCUT2D eigenvalue weighted by Gasteiger charge is -2.35. The average molecular weight is 372 g/mol. The number of likely N-dealkylation sites (tertiary alicyclic amines) is 1. The van der Waals surface area contributed by atoms with Crippen LogP contribution in [0.15, 0.2) is 15.9 Å². The van der Waals surface area contributed by atoms with Gasteiger partial charge in [-0.3, -0.25) is 9.69 Å². The van der Waals surface area contributed by atoms with Crippen LogP contribution in [-0.2, 0) is 11.3 Å². The second kappa shape index (κ2) is 7.22. The van der Waals surface area contributed by atoms with Crippen molar-refractivity contribution in [3.63, 3.8) is 0 Å². The summed E-state index contributed by atoms with van der Waals surface area (Å²) in [6, 6.07) is 4.76. The molecule has 6 heteroatoms. The lowest BCUT2D eigenvalue weighted by molar-refractivity contribution is -0.126. The standard InChI is InChI=1S/C15H22BrN3OS/c16-14-4-3-12(21-14)10-18-15(20)13-2-1-9-19(13)11-5-7-17-8-6-11/h3-4,11,13,17H,1-2,5-10H2,(H,18,20). The van der Waals surface area contributed by atoms with Gasteiger partial charge in [-0.2, -0.15) is 0 Å². The van der Waals surface area contributed by atoms with Gasteiger partial charge < -0.3 is 10.6 Å². The van der Waals surface area contributed by atoms with E-state index in [1.807, 2.05) is 6.07 Å². The maximum Gasteiger partial charge on any atom is 0.237 e. The molecule has 0 bridgehead atoms. The van der Waals surface area contributed by atoms with E-state index in [4.69, 9.17) is 0 Å². The lowest BCUT2D eigenvalue weighted by Crippen LogP contribution is -2.50. The monoisotopic (exact) mass is 371 g/mol. The molecule has 0 aliphatic carbocycles. The van der Waals surface area contributed by atoms with Crippen LogP contribution in [0.3, 0.4) is 0 Å². The van der Waals surface area contributed by atoms with Crippen molar-refractivity contribution in [3.8, 4) is 0 Å². The molecule has 1 aromatic rings. The summed E-state index contributed by atoms with van der Waals surface area (Å²) in [5, 5.41) is 6.52. The highest BCUT2D eigenvalue weighted by Gasteiger charge is 2.35. The normalized spacial score (nSPS) is 24.3. The van der Waals surface area contributed by atoms with Gasteiger partial charge in [0.1, 0.15) is 0 Å². The number of nitrogens with one attached hydrogen (secondary N) is 2. The van der Waals surface area contributed by atoms with Gasteiger partial charge in [-0.05, 0) is 73.4 Å². The van der Waals surface area contributed by atoms with Crippen LogP contribution in [0, 0.1) is 0 Å². The first-order valence-electron chi connectivity index (χ1n) is 7.72. The van der Waals surface area contributed by atoms with Gasteiger partial charge in [0, 0.05) is 10.9 Å². The lowest BCUT2D eigenvalue weighted by atomic mass is 10.0. The van der Waals surface area contributed by atoms with Gasteiger partial charge in [0.2, 0.25) is 5.91 Å². The van der Waals surface area contributed by atoms with Crippen molar-refractivity contribution in [1.82, 2.24) is 15.5 Å². The Kier molecular flexibility index (Phi) is 5.32. The van der Waals surface area contributed by atoms with Crippen LogP contribution >= 0.6 is 27.3 Å². The minimum absolute atomic E-state index is 0.0801. The molecule has 0 spiro atoms. The Hall–Kier alpha value is -0.430. The van der Waals surface area contributed by atoms with Crippen molar-refractivity contribution >= 4 is 33.2 Å². The summed E-state index contributed by atoms with van der Waals surface area (Å²) in [4.78, 5) is 16.1. The van der Waals surface area contributed by atoms with Crippen molar-refractivity contribution < 1.29 is 4.79 Å². The van der Waals surface area contributed by atoms with Crippen LogP contribution in [0.1, 0.15) is 30.6 Å². The highest BCUT2D eigenvalue weighted by atomic mass is 79.9. The first-order valence-corrected chi connectivity index (χ1v) is 9.33. The molecule has 21 heavy (non-hydrogen) atoms. The molecule has 2 fully saturated rings. The highest BCUT2D eigenvalue weighted by Crippen LogP contribution is 2.25. The van der Waals surface area contributed by atoms with Crippen LogP contribution < -0.4 is 10.6 Å². The van der Waals surface area contributed by atoms with Gasteiger partial charge in [0.25, 0.3) is 0 Å². The molecular formula is C15H22BrN3OS. The predicted molar refractivity (Wildman–Crippen MR) is 89.5 cm³/mol. The summed E-state index contributed by atoms with van der Waals surface area (Å²) < 4.78 is 1.11. The van der Waals surface area contributed by atoms with Crippen LogP contribution in [0.2, 0.25) is 0 Å². The van der Waals surface area contributed by atoms with E-state index in [9.17, 15) is 4.79 Å². The molecule has 1 unspecified atom stereocenters. The third-order valence-electron chi connectivity index (χ3n) is 4.44. The van der Waals surface area contributed by atoms with E-state index in [1.54, 1.807) is 11.3 Å². The molecule has 116 valence electrons. The molecule has 1 aromatic heterocycles. The second-order valence-corrected chi connectivity index (χ2v) is 8.35. The Bertz CT molecular complexity index is 487. The summed E-state index contributed by atoms with van der Waals surface area (Å²) in [5.74, 6) is 0.204. The van der Waals surface area contributed by atoms with Gasteiger partial charge in [-0.1, -0.05) is 0 Å². The number of nitrogens with zero attached hydrogens (tertiary/aromatic N) is 1. The molecule has 0 aromatic carbocycles. The van der Waals surface area contributed by atoms with Gasteiger partial charge in [-0.25, -0.2) is 0 Å². The van der Waals surface area contributed by atoms with Gasteiger partial charge in [0.15, 0.2) is 0 Å². The largest absolute Gasteiger partial charge is 0.350 e. The van der Waals surface area contributed by atoms with E-state index in [0.29, 0.717) is 12.6 Å². The third-order valence-corrected chi connectivity index (χ3v) is 6.06. The van der Waals surface area contributed by atoms with Crippen molar-refractivity contribution in [2.24, 2.45) is 0 Å². The van der Waals surface area contributed by atoms with E-state index in [1.165, 1.54) is 17.7 Å². The smallest absolute Gasteiger partial charge is 0.237 e. The Labute approximate surface area is 138 Å². The summed E-state index contributed by atoms with van der Waals surface area (Å²) >= 11 is 5.14. The Morgan fingerprint density at radius 1 is 1.38 bits per heavy atom. The number of halogens is 1. The maximum atomic E-state index is 12.5. The molecule has 0 radical (unpaired) electrons. The van der Waals surface area contributed by atoms with Gasteiger partial charge in [-0.15, -0.1) is 11.3 Å². The zero-order valence-corrected chi connectivity index (χ0v) is 14.5. The van der Waals surface area contributed by atoms with Gasteiger partial charge in [0.05, 0.1) is 16.4 Å². The number of thiophene rings is 1. The summed E-state index contributed by atoms with van der Waals surface area (Å²) in [7, 11) is 0. The van der Waals surface area contributed by atoms with E-state index in [0.717, 1.165) is 36.3 Å². The molecule has 0 saturated carbocycles. The Morgan fingerprint density at radius 2 is 2.19 bits per heavy atom. The minimum Gasteiger partial charge on any atom is -0.350 e. The van der Waals surface area contributed by atoms with Crippen LogP contribution in [0.25, 0.3) is 0 Å². The highest BCUT2D eigenvalue weighted by molar-refractivity contribution is 9.11. The number of carbonyl (C=O) groups is 1. The fourth-order valence-corrected chi connectivity index (χ4v) is 4.81. The molecule has 1 amide bonds. The first-order chi connectivity index (χ1) is 10.2. The molecule has 2 aliphatic rings. The number of carbonyl (C=O) groups excluding carboxylic acids is 1. The van der Waals surface area contributed by atoms with Crippen LogP contribution in [0.5, 0.6) is 0 Å². The molecule has 3 rings (SSSR count). The predicted octanol–water partition coefficient (Wildman–Crippen LogP) is 2.34. The fraction of sp³-hybridized carbons (Fsp3) is 0.667. The van der Waals surface area contributed by atoms with E-state index in [2.05, 4.69) is 37.5 Å². The summed E-state index contributed by atoms with van der Waals surface area (Å²) in [6.07, 6.45) is 4.49. The number of rotatable bonds is 4. The quantitative estimate of drug-likeness (QED) is 0.853. The van der Waals surface area contributed by atoms with Crippen LogP contribution in [-0.4, -0.2) is 42.5 Å².